The van der Waals surface area contributed by atoms with Gasteiger partial charge < -0.3 is 5.32 Å². The molecule has 1 fully saturated rings. The highest BCUT2D eigenvalue weighted by Crippen LogP contribution is 2.15. The lowest BCUT2D eigenvalue weighted by Gasteiger charge is -2.26. The van der Waals surface area contributed by atoms with Gasteiger partial charge in [-0.2, -0.15) is 0 Å². The van der Waals surface area contributed by atoms with Crippen LogP contribution in [-0.4, -0.2) is 27.3 Å². The molecule has 1 aromatic carbocycles. The predicted octanol–water partition coefficient (Wildman–Crippen LogP) is 0.680. The summed E-state index contributed by atoms with van der Waals surface area (Å²) in [6.45, 7) is 1.65. The summed E-state index contributed by atoms with van der Waals surface area (Å²) >= 11 is 0. The molecule has 1 aromatic rings. The van der Waals surface area contributed by atoms with Crippen molar-refractivity contribution in [3.8, 4) is 0 Å². The molecule has 0 radical (unpaired) electrons. The molecule has 76 valence electrons. The minimum Gasteiger partial charge on any atom is -0.316 e. The molecule has 0 aromatic heterocycles. The van der Waals surface area contributed by atoms with E-state index in [0.29, 0.717) is 10.8 Å². The van der Waals surface area contributed by atoms with E-state index in [-0.39, 0.29) is 5.75 Å². The lowest BCUT2D eigenvalue weighted by molar-refractivity contribution is 0.378. The molecule has 0 spiro atoms. The van der Waals surface area contributed by atoms with Gasteiger partial charge in [0.05, 0.1) is 10.6 Å². The summed E-state index contributed by atoms with van der Waals surface area (Å²) in [4.78, 5) is 0.437. The van der Waals surface area contributed by atoms with E-state index in [4.69, 9.17) is 0 Å². The molecule has 3 nitrogen and oxygen atoms in total. The van der Waals surface area contributed by atoms with Crippen molar-refractivity contribution in [2.45, 2.75) is 4.90 Å². The van der Waals surface area contributed by atoms with Crippen LogP contribution in [0.1, 0.15) is 0 Å². The van der Waals surface area contributed by atoms with Gasteiger partial charge in [-0.3, -0.25) is 0 Å². The van der Waals surface area contributed by atoms with Crippen LogP contribution in [-0.2, 0) is 9.84 Å². The van der Waals surface area contributed by atoms with E-state index in [1.165, 1.54) is 0 Å². The summed E-state index contributed by atoms with van der Waals surface area (Å²) in [6, 6.07) is 8.64. The average Bonchev–Trinajstić information content (AvgIpc) is 2.13. The van der Waals surface area contributed by atoms with Gasteiger partial charge in [0, 0.05) is 13.1 Å². The van der Waals surface area contributed by atoms with E-state index in [1.807, 2.05) is 6.07 Å². The average molecular weight is 211 g/mol. The Bertz CT molecular complexity index is 395. The third kappa shape index (κ3) is 1.96. The van der Waals surface area contributed by atoms with Crippen molar-refractivity contribution < 1.29 is 8.42 Å². The van der Waals surface area contributed by atoms with Crippen LogP contribution in [0.5, 0.6) is 0 Å². The Balaban J connectivity index is 2.15. The first-order valence-corrected chi connectivity index (χ1v) is 6.32. The summed E-state index contributed by atoms with van der Waals surface area (Å²) in [5.41, 5.74) is 0. The van der Waals surface area contributed by atoms with Crippen LogP contribution in [0.15, 0.2) is 35.2 Å². The van der Waals surface area contributed by atoms with Crippen LogP contribution in [0, 0.1) is 5.92 Å². The molecule has 0 bridgehead atoms. The second-order valence-corrected chi connectivity index (χ2v) is 5.65. The number of nitrogens with one attached hydrogen (secondary N) is 1. The third-order valence-corrected chi connectivity index (χ3v) is 4.32. The summed E-state index contributed by atoms with van der Waals surface area (Å²) in [5.74, 6) is 0.560. The summed E-state index contributed by atoms with van der Waals surface area (Å²) < 4.78 is 23.6. The van der Waals surface area contributed by atoms with E-state index in [9.17, 15) is 8.42 Å². The molecule has 0 aliphatic carbocycles. The summed E-state index contributed by atoms with van der Waals surface area (Å²) in [7, 11) is -3.06. The van der Waals surface area contributed by atoms with Gasteiger partial charge in [-0.1, -0.05) is 18.2 Å². The first kappa shape index (κ1) is 9.68. The third-order valence-electron chi connectivity index (χ3n) is 2.42. The molecule has 2 rings (SSSR count). The molecule has 1 aliphatic heterocycles. The van der Waals surface area contributed by atoms with Crippen molar-refractivity contribution >= 4 is 9.84 Å². The number of hydrogen-bond acceptors (Lipinski definition) is 3. The van der Waals surface area contributed by atoms with Gasteiger partial charge >= 0.3 is 0 Å². The van der Waals surface area contributed by atoms with E-state index < -0.39 is 9.84 Å². The molecule has 14 heavy (non-hydrogen) atoms. The highest BCUT2D eigenvalue weighted by molar-refractivity contribution is 7.91. The van der Waals surface area contributed by atoms with Crippen LogP contribution in [0.4, 0.5) is 0 Å². The van der Waals surface area contributed by atoms with Gasteiger partial charge in [0.25, 0.3) is 0 Å². The number of rotatable bonds is 3. The van der Waals surface area contributed by atoms with Crippen LogP contribution in [0.2, 0.25) is 0 Å². The fraction of sp³-hybridized carbons (Fsp3) is 0.400. The second-order valence-electron chi connectivity index (χ2n) is 3.62. The van der Waals surface area contributed by atoms with Gasteiger partial charge in [0.1, 0.15) is 0 Å². The monoisotopic (exact) mass is 211 g/mol. The van der Waals surface area contributed by atoms with Gasteiger partial charge in [0.2, 0.25) is 0 Å². The molecule has 1 heterocycles. The van der Waals surface area contributed by atoms with Crippen LogP contribution < -0.4 is 5.32 Å². The standard InChI is InChI=1S/C10H13NO2S/c12-14(13,8-9-6-11-7-9)10-4-2-1-3-5-10/h1-5,9,11H,6-8H2. The number of sulfone groups is 1. The van der Waals surface area contributed by atoms with Crippen LogP contribution in [0.3, 0.4) is 0 Å². The molecule has 0 unspecified atom stereocenters. The Morgan fingerprint density at radius 3 is 2.36 bits per heavy atom. The van der Waals surface area contributed by atoms with Crippen molar-refractivity contribution in [1.29, 1.82) is 0 Å². The largest absolute Gasteiger partial charge is 0.316 e. The van der Waals surface area contributed by atoms with Crippen molar-refractivity contribution in [1.82, 2.24) is 5.32 Å². The Kier molecular flexibility index (Phi) is 2.56. The topological polar surface area (TPSA) is 46.2 Å². The van der Waals surface area contributed by atoms with Gasteiger partial charge in [-0.05, 0) is 18.1 Å². The molecular formula is C10H13NO2S. The van der Waals surface area contributed by atoms with E-state index >= 15 is 0 Å². The number of benzene rings is 1. The molecule has 0 saturated carbocycles. The normalized spacial score (nSPS) is 17.7. The van der Waals surface area contributed by atoms with Crippen LogP contribution >= 0.6 is 0 Å². The SMILES string of the molecule is O=S(=O)(CC1CNC1)c1ccccc1. The smallest absolute Gasteiger partial charge is 0.178 e. The Hall–Kier alpha value is -0.870. The first-order chi connectivity index (χ1) is 6.68. The maximum absolute atomic E-state index is 11.8. The molecule has 4 heteroatoms. The quantitative estimate of drug-likeness (QED) is 0.799. The molecule has 1 saturated heterocycles. The maximum atomic E-state index is 11.8. The Labute approximate surface area is 84.1 Å². The van der Waals surface area contributed by atoms with Gasteiger partial charge in [-0.15, -0.1) is 0 Å². The Morgan fingerprint density at radius 2 is 1.86 bits per heavy atom. The van der Waals surface area contributed by atoms with Crippen molar-refractivity contribution in [2.24, 2.45) is 5.92 Å². The fourth-order valence-corrected chi connectivity index (χ4v) is 3.12. The zero-order valence-corrected chi connectivity index (χ0v) is 8.63. The molecule has 0 atom stereocenters. The van der Waals surface area contributed by atoms with Gasteiger partial charge in [0.15, 0.2) is 9.84 Å². The molecule has 0 amide bonds. The zero-order valence-electron chi connectivity index (χ0n) is 7.81. The maximum Gasteiger partial charge on any atom is 0.178 e. The van der Waals surface area contributed by atoms with E-state index in [2.05, 4.69) is 5.32 Å². The van der Waals surface area contributed by atoms with Crippen molar-refractivity contribution in [3.63, 3.8) is 0 Å². The fourth-order valence-electron chi connectivity index (χ4n) is 1.50. The molecular weight excluding hydrogens is 198 g/mol. The molecule has 1 aliphatic rings. The first-order valence-electron chi connectivity index (χ1n) is 4.67. The predicted molar refractivity (Wildman–Crippen MR) is 54.9 cm³/mol. The molecule has 1 N–H and O–H groups in total. The van der Waals surface area contributed by atoms with E-state index in [1.54, 1.807) is 24.3 Å². The van der Waals surface area contributed by atoms with E-state index in [0.717, 1.165) is 13.1 Å². The lowest BCUT2D eigenvalue weighted by atomic mass is 10.1. The minimum atomic E-state index is -3.06. The zero-order chi connectivity index (χ0) is 10.0. The highest BCUT2D eigenvalue weighted by atomic mass is 32.2. The van der Waals surface area contributed by atoms with Crippen molar-refractivity contribution in [3.05, 3.63) is 30.3 Å². The summed E-state index contributed by atoms with van der Waals surface area (Å²) in [6.07, 6.45) is 0. The van der Waals surface area contributed by atoms with Crippen LogP contribution in [0.25, 0.3) is 0 Å². The number of hydrogen-bond donors (Lipinski definition) is 1. The minimum absolute atomic E-state index is 0.268. The second kappa shape index (κ2) is 3.71. The van der Waals surface area contributed by atoms with Gasteiger partial charge in [-0.25, -0.2) is 8.42 Å². The highest BCUT2D eigenvalue weighted by Gasteiger charge is 2.25. The Morgan fingerprint density at radius 1 is 1.21 bits per heavy atom. The van der Waals surface area contributed by atoms with Crippen molar-refractivity contribution in [2.75, 3.05) is 18.8 Å². The lowest BCUT2D eigenvalue weighted by Crippen LogP contribution is -2.45. The summed E-state index contributed by atoms with van der Waals surface area (Å²) in [5, 5.41) is 3.07.